The Morgan fingerprint density at radius 2 is 1.01 bits per heavy atom. The summed E-state index contributed by atoms with van der Waals surface area (Å²) in [5.41, 5.74) is 20.7. The summed E-state index contributed by atoms with van der Waals surface area (Å²) in [5.74, 6) is 1.78. The summed E-state index contributed by atoms with van der Waals surface area (Å²) in [4.78, 5) is 2.58. The summed E-state index contributed by atoms with van der Waals surface area (Å²) in [6.45, 7) is 22.9. The van der Waals surface area contributed by atoms with Crippen LogP contribution in [0.3, 0.4) is 0 Å². The number of fused-ring (bicyclic) bond motifs is 13. The van der Waals surface area contributed by atoms with Crippen LogP contribution >= 0.6 is 0 Å². The molecule has 14 rings (SSSR count). The molecule has 374 valence electrons. The second-order valence-corrected chi connectivity index (χ2v) is 24.8. The fourth-order valence-corrected chi connectivity index (χ4v) is 12.7. The van der Waals surface area contributed by atoms with Crippen LogP contribution in [0.5, 0.6) is 11.5 Å². The highest BCUT2D eigenvalue weighted by Crippen LogP contribution is 2.50. The number of unbranched alkanes of at least 4 members (excludes halogenated alkanes) is 1. The second kappa shape index (κ2) is 16.5. The molecule has 6 heteroatoms. The zero-order chi connectivity index (χ0) is 52.2. The van der Waals surface area contributed by atoms with Gasteiger partial charge in [-0.15, -0.1) is 0 Å². The van der Waals surface area contributed by atoms with Gasteiger partial charge in [0, 0.05) is 61.1 Å². The third-order valence-electron chi connectivity index (χ3n) is 16.8. The number of benzene rings is 9. The van der Waals surface area contributed by atoms with Crippen molar-refractivity contribution in [1.82, 2.24) is 9.13 Å². The van der Waals surface area contributed by atoms with Crippen LogP contribution in [0.2, 0.25) is 0 Å². The molecule has 0 N–H and O–H groups in total. The second-order valence-electron chi connectivity index (χ2n) is 24.8. The number of ether oxygens (including phenoxy) is 1. The van der Waals surface area contributed by atoms with E-state index in [-0.39, 0.29) is 23.0 Å². The van der Waals surface area contributed by atoms with Gasteiger partial charge in [0.1, 0.15) is 17.1 Å². The van der Waals surface area contributed by atoms with E-state index in [0.29, 0.717) is 0 Å². The van der Waals surface area contributed by atoms with Crippen molar-refractivity contribution in [3.63, 3.8) is 0 Å². The number of furan rings is 1. The van der Waals surface area contributed by atoms with Gasteiger partial charge >= 0.3 is 0 Å². The van der Waals surface area contributed by atoms with Crippen LogP contribution in [0.25, 0.3) is 76.9 Å². The smallest absolute Gasteiger partial charge is 0.256 e. The molecule has 5 nitrogen and oxygen atoms in total. The molecule has 0 atom stereocenters. The minimum Gasteiger partial charge on any atom is -0.458 e. The lowest BCUT2D eigenvalue weighted by atomic mass is 9.34. The lowest BCUT2D eigenvalue weighted by Crippen LogP contribution is -2.59. The van der Waals surface area contributed by atoms with Crippen molar-refractivity contribution in [1.29, 1.82) is 0 Å². The number of aryl methyl sites for hydroxylation is 1. The Morgan fingerprint density at radius 1 is 0.447 bits per heavy atom. The fraction of sp³-hybridized carbons (Fsp3) is 0.229. The Morgan fingerprint density at radius 3 is 1.63 bits per heavy atom. The number of nitrogens with zero attached hydrogens (tertiary/aromatic N) is 3. The number of hydrogen-bond donors (Lipinski definition) is 0. The summed E-state index contributed by atoms with van der Waals surface area (Å²) in [5, 5.41) is 7.28. The largest absolute Gasteiger partial charge is 0.458 e. The lowest BCUT2D eigenvalue weighted by molar-refractivity contribution is 0.483. The number of aromatic nitrogens is 2. The summed E-state index contributed by atoms with van der Waals surface area (Å²) in [7, 11) is 0. The first-order chi connectivity index (χ1) is 36.5. The Hall–Kier alpha value is -7.96. The molecule has 0 unspecified atom stereocenters. The molecule has 12 aromatic rings. The van der Waals surface area contributed by atoms with Crippen molar-refractivity contribution in [2.24, 2.45) is 0 Å². The van der Waals surface area contributed by atoms with E-state index in [9.17, 15) is 0 Å². The van der Waals surface area contributed by atoms with Gasteiger partial charge < -0.3 is 23.2 Å². The molecule has 0 amide bonds. The molecule has 3 aromatic heterocycles. The van der Waals surface area contributed by atoms with E-state index in [4.69, 9.17) is 9.15 Å². The zero-order valence-electron chi connectivity index (χ0n) is 45.5. The van der Waals surface area contributed by atoms with Gasteiger partial charge in [-0.2, -0.15) is 0 Å². The molecule has 0 spiro atoms. The highest BCUT2D eigenvalue weighted by Gasteiger charge is 2.44. The third kappa shape index (κ3) is 6.98. The normalized spacial score (nSPS) is 13.6. The predicted molar refractivity (Wildman–Crippen MR) is 323 cm³/mol. The van der Waals surface area contributed by atoms with Gasteiger partial charge in [0.05, 0.1) is 27.8 Å². The van der Waals surface area contributed by atoms with Crippen molar-refractivity contribution in [2.45, 2.75) is 105 Å². The molecule has 5 heterocycles. The highest BCUT2D eigenvalue weighted by molar-refractivity contribution is 6.99. The first-order valence-electron chi connectivity index (χ1n) is 27.5. The molecule has 76 heavy (non-hydrogen) atoms. The topological polar surface area (TPSA) is 35.5 Å². The van der Waals surface area contributed by atoms with Crippen LogP contribution < -0.4 is 26.0 Å². The highest BCUT2D eigenvalue weighted by atomic mass is 16.5. The molecule has 0 aliphatic carbocycles. The lowest BCUT2D eigenvalue weighted by Gasteiger charge is -2.42. The van der Waals surface area contributed by atoms with Gasteiger partial charge in [0.25, 0.3) is 6.71 Å². The number of anilines is 3. The molecule has 0 fully saturated rings. The quantitative estimate of drug-likeness (QED) is 0.156. The van der Waals surface area contributed by atoms with Crippen LogP contribution in [-0.2, 0) is 22.7 Å². The average Bonchev–Trinajstić information content (AvgIpc) is 4.13. The van der Waals surface area contributed by atoms with Crippen molar-refractivity contribution < 1.29 is 9.15 Å². The first kappa shape index (κ1) is 46.6. The maximum atomic E-state index is 7.46. The Labute approximate surface area is 446 Å². The minimum absolute atomic E-state index is 0.00932. The molecule has 0 saturated heterocycles. The van der Waals surface area contributed by atoms with Crippen molar-refractivity contribution in [3.05, 3.63) is 192 Å². The third-order valence-corrected chi connectivity index (χ3v) is 16.8. The molecule has 2 aliphatic rings. The van der Waals surface area contributed by atoms with Crippen LogP contribution in [-0.4, -0.2) is 15.8 Å². The van der Waals surface area contributed by atoms with Gasteiger partial charge in [0.2, 0.25) is 0 Å². The fourth-order valence-electron chi connectivity index (χ4n) is 12.7. The maximum Gasteiger partial charge on any atom is 0.256 e. The summed E-state index contributed by atoms with van der Waals surface area (Å²) < 4.78 is 19.5. The summed E-state index contributed by atoms with van der Waals surface area (Å²) in [6, 6.07) is 64.1. The maximum absolute atomic E-state index is 7.46. The van der Waals surface area contributed by atoms with Crippen LogP contribution in [0.4, 0.5) is 17.1 Å². The van der Waals surface area contributed by atoms with Crippen LogP contribution in [0.1, 0.15) is 104 Å². The van der Waals surface area contributed by atoms with Crippen molar-refractivity contribution in [2.75, 3.05) is 4.90 Å². The van der Waals surface area contributed by atoms with Gasteiger partial charge in [-0.3, -0.25) is 0 Å². The zero-order valence-corrected chi connectivity index (χ0v) is 45.5. The van der Waals surface area contributed by atoms with E-state index in [0.717, 1.165) is 86.6 Å². The molecular weight excluding hydrogens is 926 g/mol. The molecule has 2 aliphatic heterocycles. The monoisotopic (exact) mass is 990 g/mol. The Bertz CT molecular complexity index is 4390. The number of para-hydroxylation sites is 3. The van der Waals surface area contributed by atoms with Crippen molar-refractivity contribution >= 4 is 106 Å². The Kier molecular flexibility index (Phi) is 10.1. The van der Waals surface area contributed by atoms with E-state index in [1.54, 1.807) is 0 Å². The number of hydrogen-bond acceptors (Lipinski definition) is 3. The van der Waals surface area contributed by atoms with Crippen LogP contribution in [0, 0.1) is 0 Å². The molecule has 0 bridgehead atoms. The average molecular weight is 990 g/mol. The van der Waals surface area contributed by atoms with Gasteiger partial charge in [0.15, 0.2) is 5.58 Å². The van der Waals surface area contributed by atoms with E-state index in [2.05, 4.69) is 253 Å². The summed E-state index contributed by atoms with van der Waals surface area (Å²) >= 11 is 0. The standard InChI is InChI=1S/C70H64BN3O2/c1-11-12-19-42-26-31-51-50-22-15-18-25-62(50)76-67(51)66(42)74-60-40-46(72-56-23-16-13-20-48(56)52-36-43(68(2,3)4)27-34-58(52)72)29-32-54(60)71-55-33-30-47(41-63(55)75-64-39-45(70(8,9)10)38-61(74)65(64)71)73-57-24-17-14-21-49(57)53-37-44(69(5,6)7)28-35-59(53)73/h13-18,20-41H,11-12,19H2,1-10H3. The first-order valence-corrected chi connectivity index (χ1v) is 27.5. The van der Waals surface area contributed by atoms with Gasteiger partial charge in [-0.25, -0.2) is 0 Å². The molecule has 9 aromatic carbocycles. The number of rotatable bonds is 6. The van der Waals surface area contributed by atoms with Gasteiger partial charge in [-0.1, -0.05) is 167 Å². The van der Waals surface area contributed by atoms with Crippen LogP contribution in [0.15, 0.2) is 174 Å². The SMILES string of the molecule is CCCCc1ccc2c(oc3ccccc32)c1N1c2cc(-n3c4ccccc4c4cc(C(C)(C)C)ccc43)ccc2B2c3ccc(-n4c5ccccc5c5cc(C(C)(C)C)ccc54)cc3Oc3cc(C(C)(C)C)cc1c32. The Balaban J connectivity index is 1.06. The van der Waals surface area contributed by atoms with E-state index >= 15 is 0 Å². The molecular formula is C70H64BN3O2. The van der Waals surface area contributed by atoms with Crippen molar-refractivity contribution in [3.8, 4) is 22.9 Å². The molecule has 0 saturated carbocycles. The summed E-state index contributed by atoms with van der Waals surface area (Å²) in [6.07, 6.45) is 3.06. The van der Waals surface area contributed by atoms with E-state index in [1.807, 2.05) is 0 Å². The molecule has 0 radical (unpaired) electrons. The predicted octanol–water partition coefficient (Wildman–Crippen LogP) is 17.4. The van der Waals surface area contributed by atoms with Gasteiger partial charge in [-0.05, 0) is 141 Å². The van der Waals surface area contributed by atoms with E-state index < -0.39 is 0 Å². The van der Waals surface area contributed by atoms with E-state index in [1.165, 1.54) is 76.8 Å². The minimum atomic E-state index is -0.194.